The van der Waals surface area contributed by atoms with Gasteiger partial charge in [0.25, 0.3) is 10.1 Å². The van der Waals surface area contributed by atoms with Gasteiger partial charge in [-0.25, -0.2) is 14.4 Å². The Morgan fingerprint density at radius 1 is 0.575 bits per heavy atom. The first-order chi connectivity index (χ1) is 19.1. The Bertz CT molecular complexity index is 1740. The molecule has 0 aliphatic rings. The maximum absolute atomic E-state index is 13.0. The van der Waals surface area contributed by atoms with E-state index < -0.39 is 32.9 Å². The van der Waals surface area contributed by atoms with E-state index in [4.69, 9.17) is 14.2 Å². The molecular weight excluding hydrogens is 536 g/mol. The quantitative estimate of drug-likeness (QED) is 0.182. The van der Waals surface area contributed by atoms with Crippen LogP contribution < -0.4 is 0 Å². The van der Waals surface area contributed by atoms with Crippen LogP contribution in [0.5, 0.6) is 0 Å². The molecule has 4 rings (SSSR count). The monoisotopic (exact) mass is 560 g/mol. The third-order valence-electron chi connectivity index (χ3n) is 6.21. The van der Waals surface area contributed by atoms with Crippen molar-refractivity contribution in [2.75, 3.05) is 21.3 Å². The Labute approximate surface area is 230 Å². The molecule has 9 nitrogen and oxygen atoms in total. The predicted molar refractivity (Wildman–Crippen MR) is 147 cm³/mol. The maximum Gasteiger partial charge on any atom is 0.338 e. The fourth-order valence-electron chi connectivity index (χ4n) is 4.44. The normalized spacial score (nSPS) is 11.0. The van der Waals surface area contributed by atoms with E-state index in [9.17, 15) is 27.4 Å². The van der Waals surface area contributed by atoms with E-state index in [1.165, 1.54) is 63.8 Å². The van der Waals surface area contributed by atoms with E-state index in [-0.39, 0.29) is 38.9 Å². The third kappa shape index (κ3) is 5.49. The summed E-state index contributed by atoms with van der Waals surface area (Å²) in [4.78, 5) is 37.0. The van der Waals surface area contributed by atoms with Crippen LogP contribution in [0.3, 0.4) is 0 Å². The highest BCUT2D eigenvalue weighted by atomic mass is 32.2. The maximum atomic E-state index is 13.0. The van der Waals surface area contributed by atoms with Crippen LogP contribution in [0.25, 0.3) is 33.4 Å². The summed E-state index contributed by atoms with van der Waals surface area (Å²) >= 11 is 0. The fourth-order valence-corrected chi connectivity index (χ4v) is 5.34. The molecule has 0 aliphatic carbocycles. The van der Waals surface area contributed by atoms with Gasteiger partial charge in [0.1, 0.15) is 4.90 Å². The zero-order valence-corrected chi connectivity index (χ0v) is 22.5. The van der Waals surface area contributed by atoms with Crippen molar-refractivity contribution in [2.45, 2.75) is 4.90 Å². The van der Waals surface area contributed by atoms with Crippen LogP contribution in [0.1, 0.15) is 31.1 Å². The van der Waals surface area contributed by atoms with Crippen molar-refractivity contribution in [1.82, 2.24) is 0 Å². The van der Waals surface area contributed by atoms with E-state index in [0.717, 1.165) is 0 Å². The molecule has 0 unspecified atom stereocenters. The number of rotatable bonds is 7. The lowest BCUT2D eigenvalue weighted by atomic mass is 9.89. The summed E-state index contributed by atoms with van der Waals surface area (Å²) in [6.07, 6.45) is 0. The molecule has 0 radical (unpaired) electrons. The first kappa shape index (κ1) is 28.2. The SMILES string of the molecule is COC(=O)c1cccc(-c2cc(-c3ccccc3C(=O)OC)cc(-c3ccccc3C(=O)OC)c2S(=O)(=O)O)c1. The van der Waals surface area contributed by atoms with Crippen LogP contribution in [-0.2, 0) is 24.3 Å². The van der Waals surface area contributed by atoms with Gasteiger partial charge in [-0.3, -0.25) is 4.55 Å². The summed E-state index contributed by atoms with van der Waals surface area (Å²) in [5, 5.41) is 0. The van der Waals surface area contributed by atoms with E-state index in [1.54, 1.807) is 42.5 Å². The summed E-state index contributed by atoms with van der Waals surface area (Å²) in [5.74, 6) is -2.01. The minimum Gasteiger partial charge on any atom is -0.465 e. The van der Waals surface area contributed by atoms with Gasteiger partial charge in [0.05, 0.1) is 38.0 Å². The standard InChI is InChI=1S/C30H24O9S/c1-37-28(31)19-10-8-9-18(15-19)25-16-20(21-11-4-6-13-23(21)29(32)38-2)17-26(27(25)40(34,35)36)22-12-5-7-14-24(22)30(33)39-3/h4-17H,1-3H3,(H,34,35,36). The topological polar surface area (TPSA) is 133 Å². The minimum atomic E-state index is -4.94. The minimum absolute atomic E-state index is 0.0140. The molecule has 40 heavy (non-hydrogen) atoms. The highest BCUT2D eigenvalue weighted by Crippen LogP contribution is 2.42. The second-order valence-corrected chi connectivity index (χ2v) is 9.88. The highest BCUT2D eigenvalue weighted by Gasteiger charge is 2.28. The molecule has 4 aromatic rings. The molecule has 0 heterocycles. The van der Waals surface area contributed by atoms with Gasteiger partial charge in [0, 0.05) is 11.1 Å². The Morgan fingerprint density at radius 2 is 1.10 bits per heavy atom. The van der Waals surface area contributed by atoms with Gasteiger partial charge in [-0.2, -0.15) is 8.42 Å². The predicted octanol–water partition coefficient (Wildman–Crippen LogP) is 5.29. The number of esters is 3. The van der Waals surface area contributed by atoms with Gasteiger partial charge in [0.15, 0.2) is 0 Å². The van der Waals surface area contributed by atoms with Crippen LogP contribution in [0, 0.1) is 0 Å². The van der Waals surface area contributed by atoms with E-state index in [1.807, 2.05) is 0 Å². The molecule has 10 heteroatoms. The number of methoxy groups -OCH3 is 3. The number of hydrogen-bond acceptors (Lipinski definition) is 8. The Balaban J connectivity index is 2.19. The summed E-state index contributed by atoms with van der Waals surface area (Å²) in [6.45, 7) is 0. The molecule has 0 aliphatic heterocycles. The molecule has 0 spiro atoms. The van der Waals surface area contributed by atoms with Crippen LogP contribution >= 0.6 is 0 Å². The van der Waals surface area contributed by atoms with E-state index in [2.05, 4.69) is 0 Å². The average molecular weight is 561 g/mol. The largest absolute Gasteiger partial charge is 0.465 e. The molecular formula is C30H24O9S. The third-order valence-corrected chi connectivity index (χ3v) is 7.16. The lowest BCUT2D eigenvalue weighted by molar-refractivity contribution is 0.0592. The van der Waals surface area contributed by atoms with Crippen LogP contribution in [0.4, 0.5) is 0 Å². The molecule has 0 aromatic heterocycles. The number of benzene rings is 4. The van der Waals surface area contributed by atoms with Crippen molar-refractivity contribution < 1.29 is 41.6 Å². The Morgan fingerprint density at radius 3 is 1.68 bits per heavy atom. The van der Waals surface area contributed by atoms with Gasteiger partial charge in [-0.1, -0.05) is 48.5 Å². The molecule has 0 amide bonds. The van der Waals surface area contributed by atoms with E-state index in [0.29, 0.717) is 11.1 Å². The van der Waals surface area contributed by atoms with Gasteiger partial charge >= 0.3 is 17.9 Å². The molecule has 4 aromatic carbocycles. The van der Waals surface area contributed by atoms with Crippen molar-refractivity contribution in [3.05, 3.63) is 102 Å². The van der Waals surface area contributed by atoms with E-state index >= 15 is 0 Å². The molecule has 1 N–H and O–H groups in total. The second kappa shape index (κ2) is 11.5. The first-order valence-electron chi connectivity index (χ1n) is 11.8. The number of hydrogen-bond donors (Lipinski definition) is 1. The molecule has 204 valence electrons. The molecule has 0 bridgehead atoms. The zero-order chi connectivity index (χ0) is 29.0. The van der Waals surface area contributed by atoms with Crippen LogP contribution in [0.2, 0.25) is 0 Å². The zero-order valence-electron chi connectivity index (χ0n) is 21.7. The van der Waals surface area contributed by atoms with Crippen LogP contribution in [-0.4, -0.2) is 52.2 Å². The fraction of sp³-hybridized carbons (Fsp3) is 0.100. The van der Waals surface area contributed by atoms with Crippen molar-refractivity contribution in [1.29, 1.82) is 0 Å². The van der Waals surface area contributed by atoms with Crippen LogP contribution in [0.15, 0.2) is 89.8 Å². The smallest absolute Gasteiger partial charge is 0.338 e. The number of carbonyl (C=O) groups excluding carboxylic acids is 3. The summed E-state index contributed by atoms with van der Waals surface area (Å²) in [7, 11) is -1.30. The van der Waals surface area contributed by atoms with Gasteiger partial charge < -0.3 is 14.2 Å². The van der Waals surface area contributed by atoms with Gasteiger partial charge in [0.2, 0.25) is 0 Å². The first-order valence-corrected chi connectivity index (χ1v) is 13.2. The molecule has 0 atom stereocenters. The lowest BCUT2D eigenvalue weighted by Gasteiger charge is -2.19. The van der Waals surface area contributed by atoms with Crippen molar-refractivity contribution in [3.63, 3.8) is 0 Å². The molecule has 0 saturated carbocycles. The number of carbonyl (C=O) groups is 3. The van der Waals surface area contributed by atoms with Crippen molar-refractivity contribution in [2.24, 2.45) is 0 Å². The second-order valence-electron chi connectivity index (χ2n) is 8.52. The average Bonchev–Trinajstić information content (AvgIpc) is 2.98. The Kier molecular flexibility index (Phi) is 8.13. The molecule has 0 fully saturated rings. The number of ether oxygens (including phenoxy) is 3. The molecule has 0 saturated heterocycles. The van der Waals surface area contributed by atoms with Crippen molar-refractivity contribution in [3.8, 4) is 33.4 Å². The highest BCUT2D eigenvalue weighted by molar-refractivity contribution is 7.86. The van der Waals surface area contributed by atoms with Crippen molar-refractivity contribution >= 4 is 28.0 Å². The summed E-state index contributed by atoms with van der Waals surface area (Å²) in [5.41, 5.74) is 1.56. The lowest BCUT2D eigenvalue weighted by Crippen LogP contribution is -2.09. The summed E-state index contributed by atoms with van der Waals surface area (Å²) in [6, 6.07) is 21.6. The summed E-state index contributed by atoms with van der Waals surface area (Å²) < 4.78 is 51.2. The van der Waals surface area contributed by atoms with Gasteiger partial charge in [-0.15, -0.1) is 0 Å². The Hall–Kier alpha value is -4.80. The van der Waals surface area contributed by atoms with Gasteiger partial charge in [-0.05, 0) is 58.7 Å².